The molecule has 2 rings (SSSR count). The van der Waals surface area contributed by atoms with Crippen LogP contribution >= 0.6 is 0 Å². The number of hydrogen-bond donors (Lipinski definition) is 2. The summed E-state index contributed by atoms with van der Waals surface area (Å²) in [7, 11) is 0. The van der Waals surface area contributed by atoms with Crippen LogP contribution in [-0.4, -0.2) is 16.1 Å². The summed E-state index contributed by atoms with van der Waals surface area (Å²) >= 11 is 0. The smallest absolute Gasteiger partial charge is 0.138 e. The summed E-state index contributed by atoms with van der Waals surface area (Å²) in [6, 6.07) is 3.91. The second kappa shape index (κ2) is 2.83. The highest BCUT2D eigenvalue weighted by Crippen LogP contribution is 2.09. The second-order valence-corrected chi connectivity index (χ2v) is 2.49. The summed E-state index contributed by atoms with van der Waals surface area (Å²) < 4.78 is 1.95. The van der Waals surface area contributed by atoms with E-state index in [-0.39, 0.29) is 0 Å². The fraction of sp³-hybridized carbons (Fsp3) is 0.125. The number of nitrogens with one attached hydrogen (secondary N) is 1. The Kier molecular flexibility index (Phi) is 1.68. The molecule has 0 unspecified atom stereocenters. The van der Waals surface area contributed by atoms with Gasteiger partial charge in [0, 0.05) is 30.3 Å². The SMILES string of the molecule is NCNc1ccn2ccnc2c1. The van der Waals surface area contributed by atoms with Gasteiger partial charge in [0.2, 0.25) is 0 Å². The third-order valence-electron chi connectivity index (χ3n) is 1.70. The van der Waals surface area contributed by atoms with E-state index >= 15 is 0 Å². The highest BCUT2D eigenvalue weighted by Gasteiger charge is 1.94. The molecule has 0 aliphatic rings. The van der Waals surface area contributed by atoms with Crippen LogP contribution in [0.1, 0.15) is 0 Å². The van der Waals surface area contributed by atoms with Gasteiger partial charge in [0.15, 0.2) is 0 Å². The van der Waals surface area contributed by atoms with Gasteiger partial charge in [0.05, 0.1) is 6.67 Å². The molecular weight excluding hydrogens is 152 g/mol. The zero-order chi connectivity index (χ0) is 8.39. The maximum absolute atomic E-state index is 5.34. The third kappa shape index (κ3) is 1.12. The minimum absolute atomic E-state index is 0.441. The van der Waals surface area contributed by atoms with Crippen molar-refractivity contribution in [3.8, 4) is 0 Å². The molecule has 2 heterocycles. The Bertz CT molecular complexity index is 379. The van der Waals surface area contributed by atoms with Crippen LogP contribution < -0.4 is 11.1 Å². The van der Waals surface area contributed by atoms with Gasteiger partial charge in [-0.05, 0) is 6.07 Å². The molecule has 2 aromatic rings. The van der Waals surface area contributed by atoms with Crippen molar-refractivity contribution >= 4 is 11.3 Å². The predicted octanol–water partition coefficient (Wildman–Crippen LogP) is 0.662. The number of fused-ring (bicyclic) bond motifs is 1. The molecule has 2 aromatic heterocycles. The van der Waals surface area contributed by atoms with E-state index in [1.165, 1.54) is 0 Å². The highest BCUT2D eigenvalue weighted by atomic mass is 15.0. The highest BCUT2D eigenvalue weighted by molar-refractivity contribution is 5.54. The van der Waals surface area contributed by atoms with Gasteiger partial charge in [0.1, 0.15) is 5.65 Å². The molecule has 4 heteroatoms. The van der Waals surface area contributed by atoms with Crippen molar-refractivity contribution in [3.63, 3.8) is 0 Å². The Morgan fingerprint density at radius 3 is 3.25 bits per heavy atom. The Morgan fingerprint density at radius 1 is 1.50 bits per heavy atom. The van der Waals surface area contributed by atoms with Gasteiger partial charge in [0.25, 0.3) is 0 Å². The monoisotopic (exact) mass is 162 g/mol. The summed E-state index contributed by atoms with van der Waals surface area (Å²) in [5.74, 6) is 0. The van der Waals surface area contributed by atoms with Crippen LogP contribution in [-0.2, 0) is 0 Å². The maximum Gasteiger partial charge on any atom is 0.138 e. The van der Waals surface area contributed by atoms with Crippen molar-refractivity contribution in [1.29, 1.82) is 0 Å². The van der Waals surface area contributed by atoms with Crippen LogP contribution in [0.5, 0.6) is 0 Å². The molecule has 0 spiro atoms. The standard InChI is InChI=1S/C8H10N4/c9-6-11-7-1-3-12-4-2-10-8(12)5-7/h1-5,11H,6,9H2. The Labute approximate surface area is 70.0 Å². The zero-order valence-corrected chi connectivity index (χ0v) is 6.57. The van der Waals surface area contributed by atoms with Gasteiger partial charge in [-0.1, -0.05) is 0 Å². The fourth-order valence-corrected chi connectivity index (χ4v) is 1.14. The molecule has 0 aromatic carbocycles. The average molecular weight is 162 g/mol. The first-order valence-electron chi connectivity index (χ1n) is 3.77. The molecule has 12 heavy (non-hydrogen) atoms. The van der Waals surface area contributed by atoms with Crippen molar-refractivity contribution < 1.29 is 0 Å². The topological polar surface area (TPSA) is 55.3 Å². The van der Waals surface area contributed by atoms with Gasteiger partial charge in [-0.15, -0.1) is 0 Å². The van der Waals surface area contributed by atoms with Crippen molar-refractivity contribution in [3.05, 3.63) is 30.7 Å². The third-order valence-corrected chi connectivity index (χ3v) is 1.70. The van der Waals surface area contributed by atoms with Gasteiger partial charge in [-0.2, -0.15) is 0 Å². The molecule has 0 bridgehead atoms. The molecule has 0 radical (unpaired) electrons. The van der Waals surface area contributed by atoms with Crippen LogP contribution in [0.4, 0.5) is 5.69 Å². The lowest BCUT2D eigenvalue weighted by Crippen LogP contribution is -2.10. The lowest BCUT2D eigenvalue weighted by Gasteiger charge is -2.02. The lowest BCUT2D eigenvalue weighted by atomic mass is 10.4. The van der Waals surface area contributed by atoms with Crippen molar-refractivity contribution in [1.82, 2.24) is 9.38 Å². The molecule has 0 atom stereocenters. The van der Waals surface area contributed by atoms with Gasteiger partial charge in [-0.25, -0.2) is 4.98 Å². The molecule has 0 saturated carbocycles. The normalized spacial score (nSPS) is 10.4. The molecule has 0 fully saturated rings. The van der Waals surface area contributed by atoms with Crippen molar-refractivity contribution in [2.75, 3.05) is 12.0 Å². The Hall–Kier alpha value is -1.55. The van der Waals surface area contributed by atoms with Crippen LogP contribution in [0.25, 0.3) is 5.65 Å². The summed E-state index contributed by atoms with van der Waals surface area (Å²) in [6.07, 6.45) is 5.61. The molecule has 0 saturated heterocycles. The summed E-state index contributed by atoms with van der Waals surface area (Å²) in [5, 5.41) is 3.01. The fourth-order valence-electron chi connectivity index (χ4n) is 1.14. The quantitative estimate of drug-likeness (QED) is 0.638. The van der Waals surface area contributed by atoms with E-state index in [0.29, 0.717) is 6.67 Å². The van der Waals surface area contributed by atoms with Gasteiger partial charge < -0.3 is 15.5 Å². The molecular formula is C8H10N4. The number of anilines is 1. The second-order valence-electron chi connectivity index (χ2n) is 2.49. The summed E-state index contributed by atoms with van der Waals surface area (Å²) in [4.78, 5) is 4.14. The maximum atomic E-state index is 5.34. The minimum Gasteiger partial charge on any atom is -0.373 e. The van der Waals surface area contributed by atoms with E-state index in [4.69, 9.17) is 5.73 Å². The number of imidazole rings is 1. The molecule has 0 aliphatic heterocycles. The van der Waals surface area contributed by atoms with Crippen molar-refractivity contribution in [2.45, 2.75) is 0 Å². The van der Waals surface area contributed by atoms with Crippen molar-refractivity contribution in [2.24, 2.45) is 5.73 Å². The van der Waals surface area contributed by atoms with E-state index in [0.717, 1.165) is 11.3 Å². The lowest BCUT2D eigenvalue weighted by molar-refractivity contribution is 1.13. The molecule has 62 valence electrons. The number of nitrogens with two attached hydrogens (primary N) is 1. The first kappa shape index (κ1) is 7.12. The number of pyridine rings is 1. The zero-order valence-electron chi connectivity index (χ0n) is 6.57. The van der Waals surface area contributed by atoms with E-state index in [1.54, 1.807) is 6.20 Å². The number of rotatable bonds is 2. The first-order valence-corrected chi connectivity index (χ1v) is 3.77. The Morgan fingerprint density at radius 2 is 2.42 bits per heavy atom. The Balaban J connectivity index is 2.46. The van der Waals surface area contributed by atoms with Crippen LogP contribution in [0.2, 0.25) is 0 Å². The minimum atomic E-state index is 0.441. The molecule has 3 N–H and O–H groups in total. The van der Waals surface area contributed by atoms with Crippen LogP contribution in [0.3, 0.4) is 0 Å². The van der Waals surface area contributed by atoms with Gasteiger partial charge in [-0.3, -0.25) is 0 Å². The van der Waals surface area contributed by atoms with Crippen LogP contribution in [0, 0.1) is 0 Å². The average Bonchev–Trinajstić information content (AvgIpc) is 2.51. The van der Waals surface area contributed by atoms with E-state index in [2.05, 4.69) is 10.3 Å². The van der Waals surface area contributed by atoms with Gasteiger partial charge >= 0.3 is 0 Å². The molecule has 0 amide bonds. The summed E-state index contributed by atoms with van der Waals surface area (Å²) in [6.45, 7) is 0.441. The van der Waals surface area contributed by atoms with E-state index < -0.39 is 0 Å². The predicted molar refractivity (Wildman–Crippen MR) is 47.9 cm³/mol. The van der Waals surface area contributed by atoms with E-state index in [9.17, 15) is 0 Å². The number of nitrogens with zero attached hydrogens (tertiary/aromatic N) is 2. The van der Waals surface area contributed by atoms with Crippen LogP contribution in [0.15, 0.2) is 30.7 Å². The molecule has 4 nitrogen and oxygen atoms in total. The van der Waals surface area contributed by atoms with E-state index in [1.807, 2.05) is 28.9 Å². The number of hydrogen-bond acceptors (Lipinski definition) is 3. The molecule has 0 aliphatic carbocycles. The first-order chi connectivity index (χ1) is 5.90. The summed E-state index contributed by atoms with van der Waals surface area (Å²) in [5.41, 5.74) is 7.26. The largest absolute Gasteiger partial charge is 0.373 e. The number of aromatic nitrogens is 2.